The number of hydrogen-bond acceptors (Lipinski definition) is 5. The van der Waals surface area contributed by atoms with E-state index in [9.17, 15) is 9.59 Å². The van der Waals surface area contributed by atoms with Gasteiger partial charge in [0.2, 0.25) is 5.91 Å². The molecule has 0 N–H and O–H groups in total. The van der Waals surface area contributed by atoms with E-state index < -0.39 is 6.04 Å². The number of piperazine rings is 1. The Labute approximate surface area is 175 Å². The Hall–Kier alpha value is -2.57. The summed E-state index contributed by atoms with van der Waals surface area (Å²) in [6.45, 7) is 5.12. The molecule has 2 saturated heterocycles. The van der Waals surface area contributed by atoms with Crippen molar-refractivity contribution in [2.45, 2.75) is 19.4 Å². The van der Waals surface area contributed by atoms with Crippen LogP contribution in [0.15, 0.2) is 42.5 Å². The van der Waals surface area contributed by atoms with Gasteiger partial charge in [-0.15, -0.1) is 0 Å². The molecular weight excluding hydrogens is 390 g/mol. The van der Waals surface area contributed by atoms with Crippen molar-refractivity contribution in [2.24, 2.45) is 0 Å². The first-order chi connectivity index (χ1) is 14.0. The van der Waals surface area contributed by atoms with E-state index in [0.29, 0.717) is 11.4 Å². The largest absolute Gasteiger partial charge is 0.497 e. The van der Waals surface area contributed by atoms with E-state index >= 15 is 0 Å². The number of imide groups is 1. The van der Waals surface area contributed by atoms with E-state index in [2.05, 4.69) is 16.7 Å². The molecule has 4 rings (SSSR count). The molecule has 2 heterocycles. The third-order valence-corrected chi connectivity index (χ3v) is 5.96. The molecule has 0 spiro atoms. The molecular formula is C22H24ClN3O3. The van der Waals surface area contributed by atoms with Gasteiger partial charge in [-0.2, -0.15) is 0 Å². The maximum Gasteiger partial charge on any atom is 0.251 e. The molecule has 1 atom stereocenters. The highest BCUT2D eigenvalue weighted by atomic mass is 35.5. The van der Waals surface area contributed by atoms with Gasteiger partial charge in [-0.25, -0.2) is 4.90 Å². The number of hydrogen-bond donors (Lipinski definition) is 0. The van der Waals surface area contributed by atoms with Crippen molar-refractivity contribution in [3.05, 3.63) is 53.1 Å². The Kier molecular flexibility index (Phi) is 5.48. The van der Waals surface area contributed by atoms with Crippen molar-refractivity contribution in [3.8, 4) is 5.75 Å². The fourth-order valence-corrected chi connectivity index (χ4v) is 4.27. The van der Waals surface area contributed by atoms with Crippen molar-refractivity contribution in [1.29, 1.82) is 0 Å². The predicted molar refractivity (Wildman–Crippen MR) is 114 cm³/mol. The molecule has 0 bridgehead atoms. The maximum atomic E-state index is 13.0. The third kappa shape index (κ3) is 3.82. The van der Waals surface area contributed by atoms with E-state index in [1.165, 1.54) is 10.5 Å². The SMILES string of the molecule is COc1ccc(N2C(=O)CC(N3CCN(c4cc(Cl)ccc4C)CC3)C2=O)cc1. The smallest absolute Gasteiger partial charge is 0.251 e. The second-order valence-electron chi connectivity index (χ2n) is 7.44. The van der Waals surface area contributed by atoms with Gasteiger partial charge in [0, 0.05) is 36.9 Å². The molecule has 6 nitrogen and oxygen atoms in total. The molecule has 29 heavy (non-hydrogen) atoms. The van der Waals surface area contributed by atoms with Crippen LogP contribution in [0.1, 0.15) is 12.0 Å². The Balaban J connectivity index is 1.44. The highest BCUT2D eigenvalue weighted by Crippen LogP contribution is 2.29. The first kappa shape index (κ1) is 19.7. The Morgan fingerprint density at radius 3 is 2.34 bits per heavy atom. The van der Waals surface area contributed by atoms with Gasteiger partial charge in [0.25, 0.3) is 5.91 Å². The molecule has 2 aliphatic heterocycles. The molecule has 7 heteroatoms. The summed E-state index contributed by atoms with van der Waals surface area (Å²) in [5.41, 5.74) is 2.91. The van der Waals surface area contributed by atoms with Crippen LogP contribution < -0.4 is 14.5 Å². The van der Waals surface area contributed by atoms with Crippen LogP contribution >= 0.6 is 11.6 Å². The zero-order chi connectivity index (χ0) is 20.5. The average Bonchev–Trinajstić information content (AvgIpc) is 3.04. The number of nitrogens with zero attached hydrogens (tertiary/aromatic N) is 3. The van der Waals surface area contributed by atoms with Gasteiger partial charge in [0.15, 0.2) is 0 Å². The Morgan fingerprint density at radius 2 is 1.69 bits per heavy atom. The molecule has 1 unspecified atom stereocenters. The lowest BCUT2D eigenvalue weighted by Gasteiger charge is -2.38. The number of benzene rings is 2. The van der Waals surface area contributed by atoms with Gasteiger partial charge in [-0.05, 0) is 48.9 Å². The van der Waals surface area contributed by atoms with Crippen LogP contribution in [0.2, 0.25) is 5.02 Å². The number of aryl methyl sites for hydroxylation is 1. The first-order valence-corrected chi connectivity index (χ1v) is 10.1. The van der Waals surface area contributed by atoms with Gasteiger partial charge in [-0.1, -0.05) is 17.7 Å². The highest BCUT2D eigenvalue weighted by Gasteiger charge is 2.43. The quantitative estimate of drug-likeness (QED) is 0.721. The average molecular weight is 414 g/mol. The molecule has 0 aromatic heterocycles. The van der Waals surface area contributed by atoms with E-state index in [-0.39, 0.29) is 18.2 Å². The predicted octanol–water partition coefficient (Wildman–Crippen LogP) is 3.11. The third-order valence-electron chi connectivity index (χ3n) is 5.72. The second-order valence-corrected chi connectivity index (χ2v) is 7.88. The van der Waals surface area contributed by atoms with Crippen LogP contribution in [0.5, 0.6) is 5.75 Å². The molecule has 2 aromatic carbocycles. The molecule has 2 amide bonds. The van der Waals surface area contributed by atoms with Crippen molar-refractivity contribution in [3.63, 3.8) is 0 Å². The Morgan fingerprint density at radius 1 is 1.00 bits per heavy atom. The molecule has 2 aliphatic rings. The standard InChI is InChI=1S/C22H24ClN3O3/c1-15-3-4-16(23)13-19(15)24-9-11-25(12-10-24)20-14-21(27)26(22(20)28)17-5-7-18(29-2)8-6-17/h3-8,13,20H,9-12,14H2,1-2H3. The summed E-state index contributed by atoms with van der Waals surface area (Å²) in [5.74, 6) is 0.391. The number of ether oxygens (including phenoxy) is 1. The summed E-state index contributed by atoms with van der Waals surface area (Å²) < 4.78 is 5.15. The van der Waals surface area contributed by atoms with E-state index in [1.807, 2.05) is 18.2 Å². The van der Waals surface area contributed by atoms with Gasteiger partial charge in [0.05, 0.1) is 25.3 Å². The number of anilines is 2. The number of amides is 2. The van der Waals surface area contributed by atoms with Crippen LogP contribution in [-0.4, -0.2) is 56.0 Å². The minimum absolute atomic E-state index is 0.146. The second kappa shape index (κ2) is 8.05. The number of halogens is 1. The summed E-state index contributed by atoms with van der Waals surface area (Å²) in [7, 11) is 1.59. The topological polar surface area (TPSA) is 53.1 Å². The van der Waals surface area contributed by atoms with Crippen LogP contribution in [0.25, 0.3) is 0 Å². The summed E-state index contributed by atoms with van der Waals surface area (Å²) >= 11 is 6.16. The van der Waals surface area contributed by atoms with Gasteiger partial charge in [0.1, 0.15) is 5.75 Å². The van der Waals surface area contributed by atoms with Crippen molar-refractivity contribution >= 4 is 34.8 Å². The lowest BCUT2D eigenvalue weighted by Crippen LogP contribution is -2.52. The highest BCUT2D eigenvalue weighted by molar-refractivity contribution is 6.30. The van der Waals surface area contributed by atoms with Crippen molar-refractivity contribution < 1.29 is 14.3 Å². The number of carbonyl (C=O) groups is 2. The van der Waals surface area contributed by atoms with E-state index in [1.54, 1.807) is 31.4 Å². The summed E-state index contributed by atoms with van der Waals surface area (Å²) in [6.07, 6.45) is 0.223. The molecule has 0 saturated carbocycles. The molecule has 0 aliphatic carbocycles. The van der Waals surface area contributed by atoms with Gasteiger partial charge < -0.3 is 9.64 Å². The molecule has 2 fully saturated rings. The van der Waals surface area contributed by atoms with E-state index in [0.717, 1.165) is 36.9 Å². The molecule has 0 radical (unpaired) electrons. The fourth-order valence-electron chi connectivity index (χ4n) is 4.10. The minimum Gasteiger partial charge on any atom is -0.497 e. The fraction of sp³-hybridized carbons (Fsp3) is 0.364. The van der Waals surface area contributed by atoms with Crippen LogP contribution in [0.4, 0.5) is 11.4 Å². The first-order valence-electron chi connectivity index (χ1n) is 9.74. The van der Waals surface area contributed by atoms with Crippen LogP contribution in [0, 0.1) is 6.92 Å². The Bertz CT molecular complexity index is 923. The van der Waals surface area contributed by atoms with Crippen molar-refractivity contribution in [2.75, 3.05) is 43.1 Å². The zero-order valence-electron chi connectivity index (χ0n) is 16.6. The summed E-state index contributed by atoms with van der Waals surface area (Å²) in [4.78, 5) is 31.3. The normalized spacial score (nSPS) is 20.4. The summed E-state index contributed by atoms with van der Waals surface area (Å²) in [6, 6.07) is 12.5. The van der Waals surface area contributed by atoms with Crippen LogP contribution in [-0.2, 0) is 9.59 Å². The number of methoxy groups -OCH3 is 1. The molecule has 152 valence electrons. The number of rotatable bonds is 4. The van der Waals surface area contributed by atoms with Crippen molar-refractivity contribution in [1.82, 2.24) is 4.90 Å². The lowest BCUT2D eigenvalue weighted by molar-refractivity contribution is -0.123. The van der Waals surface area contributed by atoms with Gasteiger partial charge in [-0.3, -0.25) is 14.5 Å². The summed E-state index contributed by atoms with van der Waals surface area (Å²) in [5, 5.41) is 0.722. The van der Waals surface area contributed by atoms with Gasteiger partial charge >= 0.3 is 0 Å². The van der Waals surface area contributed by atoms with Crippen LogP contribution in [0.3, 0.4) is 0 Å². The monoisotopic (exact) mass is 413 g/mol. The molecule has 2 aromatic rings. The maximum absolute atomic E-state index is 13.0. The van der Waals surface area contributed by atoms with E-state index in [4.69, 9.17) is 16.3 Å². The number of carbonyl (C=O) groups excluding carboxylic acids is 2. The lowest BCUT2D eigenvalue weighted by atomic mass is 10.1. The minimum atomic E-state index is -0.396. The zero-order valence-corrected chi connectivity index (χ0v) is 17.4.